The van der Waals surface area contributed by atoms with Gasteiger partial charge >= 0.3 is 0 Å². The normalized spacial score (nSPS) is 17.3. The zero-order valence-electron chi connectivity index (χ0n) is 16.2. The molecule has 27 heavy (non-hydrogen) atoms. The highest BCUT2D eigenvalue weighted by Gasteiger charge is 2.34. The van der Waals surface area contributed by atoms with Crippen LogP contribution in [0.15, 0.2) is 70.7 Å². The topological polar surface area (TPSA) is 17.8 Å². The molecular weight excluding hydrogens is 396 g/mol. The molecule has 0 atom stereocenters. The van der Waals surface area contributed by atoms with Gasteiger partial charge in [0.1, 0.15) is 5.82 Å². The lowest BCUT2D eigenvalue weighted by Crippen LogP contribution is -2.29. The van der Waals surface area contributed by atoms with E-state index in [1.165, 1.54) is 23.1 Å². The first-order valence-electron chi connectivity index (χ1n) is 9.64. The van der Waals surface area contributed by atoms with E-state index in [2.05, 4.69) is 102 Å². The highest BCUT2D eigenvalue weighted by Crippen LogP contribution is 2.43. The Morgan fingerprint density at radius 3 is 2.67 bits per heavy atom. The van der Waals surface area contributed by atoms with Gasteiger partial charge in [0.15, 0.2) is 0 Å². The molecule has 0 saturated heterocycles. The van der Waals surface area contributed by atoms with Crippen LogP contribution in [-0.2, 0) is 12.0 Å². The zero-order chi connectivity index (χ0) is 19.0. The monoisotopic (exact) mass is 420 g/mol. The van der Waals surface area contributed by atoms with Gasteiger partial charge in [0.25, 0.3) is 0 Å². The summed E-state index contributed by atoms with van der Waals surface area (Å²) in [6.45, 7) is 7.75. The number of unbranched alkanes of at least 4 members (excludes halogenated alkanes) is 1. The van der Waals surface area contributed by atoms with Crippen molar-refractivity contribution in [1.29, 1.82) is 0 Å². The lowest BCUT2D eigenvalue weighted by atomic mass is 9.74. The summed E-state index contributed by atoms with van der Waals surface area (Å²) in [6, 6.07) is 15.0. The minimum atomic E-state index is 0.00306. The summed E-state index contributed by atoms with van der Waals surface area (Å²) in [6.07, 6.45) is 9.11. The molecule has 0 spiro atoms. The van der Waals surface area contributed by atoms with Gasteiger partial charge in [0.05, 0.1) is 11.0 Å². The van der Waals surface area contributed by atoms with Crippen molar-refractivity contribution in [3.63, 3.8) is 0 Å². The van der Waals surface area contributed by atoms with Gasteiger partial charge in [-0.05, 0) is 35.8 Å². The van der Waals surface area contributed by atoms with Crippen LogP contribution in [0.4, 0.5) is 0 Å². The van der Waals surface area contributed by atoms with Crippen LogP contribution in [0.5, 0.6) is 0 Å². The smallest absolute Gasteiger partial charge is 0.141 e. The highest BCUT2D eigenvalue weighted by atomic mass is 79.9. The van der Waals surface area contributed by atoms with Gasteiger partial charge in [0, 0.05) is 22.0 Å². The van der Waals surface area contributed by atoms with Crippen LogP contribution >= 0.6 is 15.9 Å². The molecule has 4 rings (SSSR count). The molecule has 0 amide bonds. The van der Waals surface area contributed by atoms with Crippen molar-refractivity contribution in [3.05, 3.63) is 76.3 Å². The van der Waals surface area contributed by atoms with E-state index in [1.54, 1.807) is 0 Å². The van der Waals surface area contributed by atoms with Crippen LogP contribution in [0.3, 0.4) is 0 Å². The average Bonchev–Trinajstić information content (AvgIpc) is 3.02. The summed E-state index contributed by atoms with van der Waals surface area (Å²) in [4.78, 5) is 5.00. The first-order valence-corrected chi connectivity index (χ1v) is 10.4. The van der Waals surface area contributed by atoms with Gasteiger partial charge in [-0.25, -0.2) is 4.98 Å². The predicted molar refractivity (Wildman–Crippen MR) is 118 cm³/mol. The fourth-order valence-electron chi connectivity index (χ4n) is 3.91. The molecule has 0 unspecified atom stereocenters. The minimum Gasteiger partial charge on any atom is -0.320 e. The van der Waals surface area contributed by atoms with Gasteiger partial charge in [-0.3, -0.25) is 0 Å². The number of rotatable bonds is 4. The SMILES string of the molecule is CCC/C=C\C=C1/Cn2c(-c3ccc(Br)cc3)nc3cccc(c32)C1(C)C. The molecule has 0 fully saturated rings. The number of nitrogens with zero attached hydrogens (tertiary/aromatic N) is 2. The molecule has 0 N–H and O–H groups in total. The molecule has 0 bridgehead atoms. The lowest BCUT2D eigenvalue weighted by Gasteiger charge is -2.35. The lowest BCUT2D eigenvalue weighted by molar-refractivity contribution is 0.552. The second kappa shape index (κ2) is 7.12. The number of hydrogen-bond acceptors (Lipinski definition) is 1. The maximum Gasteiger partial charge on any atom is 0.141 e. The number of aromatic nitrogens is 2. The maximum absolute atomic E-state index is 5.00. The second-order valence-corrected chi connectivity index (χ2v) is 8.65. The van der Waals surface area contributed by atoms with E-state index in [9.17, 15) is 0 Å². The van der Waals surface area contributed by atoms with Crippen molar-refractivity contribution >= 4 is 27.0 Å². The van der Waals surface area contributed by atoms with Gasteiger partial charge < -0.3 is 4.57 Å². The fraction of sp³-hybridized carbons (Fsp3) is 0.292. The van der Waals surface area contributed by atoms with Crippen molar-refractivity contribution in [2.24, 2.45) is 0 Å². The molecule has 2 heterocycles. The van der Waals surface area contributed by atoms with Crippen LogP contribution in [-0.4, -0.2) is 9.55 Å². The predicted octanol–water partition coefficient (Wildman–Crippen LogP) is 7.04. The highest BCUT2D eigenvalue weighted by molar-refractivity contribution is 9.10. The van der Waals surface area contributed by atoms with E-state index in [1.807, 2.05) is 0 Å². The van der Waals surface area contributed by atoms with Crippen molar-refractivity contribution < 1.29 is 0 Å². The van der Waals surface area contributed by atoms with Gasteiger partial charge in [-0.15, -0.1) is 0 Å². The van der Waals surface area contributed by atoms with Crippen molar-refractivity contribution in [1.82, 2.24) is 9.55 Å². The summed E-state index contributed by atoms with van der Waals surface area (Å²) < 4.78 is 3.48. The number of imidazole rings is 1. The van der Waals surface area contributed by atoms with Crippen molar-refractivity contribution in [3.8, 4) is 11.4 Å². The first-order chi connectivity index (χ1) is 13.0. The van der Waals surface area contributed by atoms with Crippen molar-refractivity contribution in [2.75, 3.05) is 0 Å². The number of para-hydroxylation sites is 1. The average molecular weight is 421 g/mol. The fourth-order valence-corrected chi connectivity index (χ4v) is 4.18. The summed E-state index contributed by atoms with van der Waals surface area (Å²) in [5.41, 5.74) is 6.29. The zero-order valence-corrected chi connectivity index (χ0v) is 17.8. The Morgan fingerprint density at radius 1 is 1.15 bits per heavy atom. The quantitative estimate of drug-likeness (QED) is 0.442. The van der Waals surface area contributed by atoms with Gasteiger partial charge in [0.2, 0.25) is 0 Å². The van der Waals surface area contributed by atoms with Crippen LogP contribution in [0.2, 0.25) is 0 Å². The summed E-state index contributed by atoms with van der Waals surface area (Å²) >= 11 is 3.53. The largest absolute Gasteiger partial charge is 0.320 e. The van der Waals surface area contributed by atoms with E-state index < -0.39 is 0 Å². The number of benzene rings is 2. The third-order valence-electron chi connectivity index (χ3n) is 5.56. The van der Waals surface area contributed by atoms with E-state index in [4.69, 9.17) is 4.98 Å². The summed E-state index contributed by atoms with van der Waals surface area (Å²) in [5, 5.41) is 0. The Morgan fingerprint density at radius 2 is 1.93 bits per heavy atom. The molecule has 0 radical (unpaired) electrons. The van der Waals surface area contributed by atoms with Gasteiger partial charge in [-0.2, -0.15) is 0 Å². The maximum atomic E-state index is 5.00. The Kier molecular flexibility index (Phi) is 4.81. The van der Waals surface area contributed by atoms with E-state index in [-0.39, 0.29) is 5.41 Å². The molecule has 2 nitrogen and oxygen atoms in total. The molecule has 3 aromatic rings. The Bertz CT molecular complexity index is 1040. The molecule has 3 heteroatoms. The minimum absolute atomic E-state index is 0.00306. The molecule has 1 aliphatic rings. The van der Waals surface area contributed by atoms with Crippen LogP contribution in [0.25, 0.3) is 22.4 Å². The Balaban J connectivity index is 1.89. The third kappa shape index (κ3) is 3.19. The van der Waals surface area contributed by atoms with Crippen LogP contribution in [0.1, 0.15) is 39.2 Å². The molecule has 1 aromatic heterocycles. The van der Waals surface area contributed by atoms with Crippen LogP contribution in [0, 0.1) is 0 Å². The standard InChI is InChI=1S/C24H25BrN2/c1-4-5-6-7-9-18-16-27-22-20(24(18,2)3)10-8-11-21(22)26-23(27)17-12-14-19(25)15-13-17/h6-15H,4-5,16H2,1-3H3/b7-6-,18-9+. The van der Waals surface area contributed by atoms with E-state index in [0.717, 1.165) is 34.3 Å². The molecule has 138 valence electrons. The molecule has 0 aliphatic carbocycles. The molecule has 2 aromatic carbocycles. The Hall–Kier alpha value is -2.13. The number of hydrogen-bond donors (Lipinski definition) is 0. The first kappa shape index (κ1) is 18.2. The number of halogens is 1. The van der Waals surface area contributed by atoms with Crippen molar-refractivity contribution in [2.45, 2.75) is 45.6 Å². The third-order valence-corrected chi connectivity index (χ3v) is 6.09. The Labute approximate surface area is 169 Å². The summed E-state index contributed by atoms with van der Waals surface area (Å²) in [7, 11) is 0. The van der Waals surface area contributed by atoms with E-state index in [0.29, 0.717) is 0 Å². The number of allylic oxidation sites excluding steroid dienone is 4. The van der Waals surface area contributed by atoms with E-state index >= 15 is 0 Å². The second-order valence-electron chi connectivity index (χ2n) is 7.74. The molecule has 1 aliphatic heterocycles. The molecule has 0 saturated carbocycles. The van der Waals surface area contributed by atoms with Crippen LogP contribution < -0.4 is 0 Å². The summed E-state index contributed by atoms with van der Waals surface area (Å²) in [5.74, 6) is 1.05. The molecular formula is C24H25BrN2. The van der Waals surface area contributed by atoms with Gasteiger partial charge in [-0.1, -0.05) is 85.6 Å².